The van der Waals surface area contributed by atoms with E-state index in [-0.39, 0.29) is 5.63 Å². The van der Waals surface area contributed by atoms with Crippen LogP contribution in [0.4, 0.5) is 0 Å². The Bertz CT molecular complexity index is 618. The molecule has 1 aliphatic carbocycles. The van der Waals surface area contributed by atoms with Gasteiger partial charge in [-0.15, -0.1) is 0 Å². The molecule has 1 aliphatic rings. The van der Waals surface area contributed by atoms with E-state index in [1.807, 2.05) is 6.92 Å². The molecule has 17 heavy (non-hydrogen) atoms. The summed E-state index contributed by atoms with van der Waals surface area (Å²) in [7, 11) is 0. The van der Waals surface area contributed by atoms with E-state index in [0.717, 1.165) is 36.7 Å². The van der Waals surface area contributed by atoms with E-state index in [9.17, 15) is 4.79 Å². The highest BCUT2D eigenvalue weighted by atomic mass is 16.4. The summed E-state index contributed by atoms with van der Waals surface area (Å²) < 4.78 is 5.48. The Labute approximate surface area is 102 Å². The first-order chi connectivity index (χ1) is 8.19. The molecule has 0 atom stereocenters. The molecule has 0 bridgehead atoms. The Morgan fingerprint density at radius 1 is 0.824 bits per heavy atom. The van der Waals surface area contributed by atoms with Crippen molar-refractivity contribution in [1.82, 2.24) is 0 Å². The molecule has 92 valence electrons. The Morgan fingerprint density at radius 3 is 1.88 bits per heavy atom. The summed E-state index contributed by atoms with van der Waals surface area (Å²) in [6, 6.07) is 0. The molecular weight excluding hydrogens is 212 g/mol. The zero-order chi connectivity index (χ0) is 12.6. The van der Waals surface area contributed by atoms with Crippen molar-refractivity contribution in [2.75, 3.05) is 0 Å². The Kier molecular flexibility index (Phi) is 3.23. The van der Waals surface area contributed by atoms with Gasteiger partial charge in [0.15, 0.2) is 0 Å². The number of hydrogen-bond acceptors (Lipinski definition) is 2. The highest BCUT2D eigenvalue weighted by Crippen LogP contribution is 2.22. The quantitative estimate of drug-likeness (QED) is 0.793. The fourth-order valence-electron chi connectivity index (χ4n) is 2.89. The topological polar surface area (TPSA) is 30.2 Å². The largest absolute Gasteiger partial charge is 0.422 e. The molecule has 0 radical (unpaired) electrons. The summed E-state index contributed by atoms with van der Waals surface area (Å²) in [5.41, 5.74) is 5.46. The molecule has 0 N–H and O–H groups in total. The SMILES string of the molecule is CCC1=c2oc(=O)c(CC)c(CC)c2=C1CC. The standard InChI is InChI=1S/C15H20O2/c1-5-9-11(7-3)14-13(9)10(6-2)12(8-4)15(16)17-14/h5-8H2,1-4H3. The molecule has 0 unspecified atom stereocenters. The molecule has 0 aliphatic heterocycles. The minimum Gasteiger partial charge on any atom is -0.422 e. The van der Waals surface area contributed by atoms with Gasteiger partial charge in [0.05, 0.1) is 0 Å². The highest BCUT2D eigenvalue weighted by Gasteiger charge is 2.22. The summed E-state index contributed by atoms with van der Waals surface area (Å²) in [5, 5.41) is 1.24. The van der Waals surface area contributed by atoms with Crippen LogP contribution in [-0.2, 0) is 12.8 Å². The molecule has 0 saturated heterocycles. The van der Waals surface area contributed by atoms with Gasteiger partial charge in [0, 0.05) is 10.8 Å². The Balaban J connectivity index is 2.89. The molecule has 1 aromatic heterocycles. The third-order valence-electron chi connectivity index (χ3n) is 3.69. The molecule has 0 amide bonds. The van der Waals surface area contributed by atoms with E-state index in [1.54, 1.807) is 0 Å². The minimum absolute atomic E-state index is 0.135. The van der Waals surface area contributed by atoms with Gasteiger partial charge in [0.2, 0.25) is 0 Å². The molecule has 0 spiro atoms. The zero-order valence-electron chi connectivity index (χ0n) is 11.1. The summed E-state index contributed by atoms with van der Waals surface area (Å²) in [6.45, 7) is 8.43. The van der Waals surface area contributed by atoms with Crippen LogP contribution < -0.4 is 16.3 Å². The molecule has 0 fully saturated rings. The van der Waals surface area contributed by atoms with Gasteiger partial charge < -0.3 is 4.42 Å². The fraction of sp³-hybridized carbons (Fsp3) is 0.533. The van der Waals surface area contributed by atoms with Crippen LogP contribution in [0.1, 0.15) is 51.7 Å². The molecule has 2 nitrogen and oxygen atoms in total. The molecule has 1 heterocycles. The van der Waals surface area contributed by atoms with Gasteiger partial charge in [0.25, 0.3) is 0 Å². The number of fused-ring (bicyclic) bond motifs is 1. The van der Waals surface area contributed by atoms with Crippen molar-refractivity contribution in [3.63, 3.8) is 0 Å². The van der Waals surface area contributed by atoms with Crippen molar-refractivity contribution in [1.29, 1.82) is 0 Å². The van der Waals surface area contributed by atoms with Crippen LogP contribution in [0.5, 0.6) is 0 Å². The second-order valence-corrected chi connectivity index (χ2v) is 4.42. The molecule has 0 saturated carbocycles. The smallest absolute Gasteiger partial charge is 0.339 e. The van der Waals surface area contributed by atoms with Crippen molar-refractivity contribution < 1.29 is 4.42 Å². The van der Waals surface area contributed by atoms with Gasteiger partial charge in [-0.25, -0.2) is 4.79 Å². The van der Waals surface area contributed by atoms with E-state index in [2.05, 4.69) is 20.8 Å². The van der Waals surface area contributed by atoms with Gasteiger partial charge in [-0.05, 0) is 42.4 Å². The summed E-state index contributed by atoms with van der Waals surface area (Å²) in [6.07, 6.45) is 3.66. The lowest BCUT2D eigenvalue weighted by molar-refractivity contribution is 0.454. The van der Waals surface area contributed by atoms with E-state index in [1.165, 1.54) is 21.9 Å². The maximum absolute atomic E-state index is 11.9. The van der Waals surface area contributed by atoms with Crippen molar-refractivity contribution in [3.05, 3.63) is 32.2 Å². The lowest BCUT2D eigenvalue weighted by Gasteiger charge is -2.20. The maximum Gasteiger partial charge on any atom is 0.339 e. The number of rotatable bonds is 4. The van der Waals surface area contributed by atoms with Crippen molar-refractivity contribution in [3.8, 4) is 0 Å². The third kappa shape index (κ3) is 1.58. The van der Waals surface area contributed by atoms with E-state index >= 15 is 0 Å². The lowest BCUT2D eigenvalue weighted by atomic mass is 9.86. The summed E-state index contributed by atoms with van der Waals surface area (Å²) >= 11 is 0. The second-order valence-electron chi connectivity index (χ2n) is 4.42. The number of hydrogen-bond donors (Lipinski definition) is 0. The predicted molar refractivity (Wildman–Crippen MR) is 70.4 cm³/mol. The third-order valence-corrected chi connectivity index (χ3v) is 3.69. The molecule has 1 aromatic rings. The normalized spacial score (nSPS) is 13.6. The molecule has 0 aromatic carbocycles. The first-order valence-electron chi connectivity index (χ1n) is 6.61. The monoisotopic (exact) mass is 232 g/mol. The van der Waals surface area contributed by atoms with E-state index in [4.69, 9.17) is 4.42 Å². The van der Waals surface area contributed by atoms with Crippen LogP contribution in [0.15, 0.2) is 9.21 Å². The first-order valence-corrected chi connectivity index (χ1v) is 6.61. The fourth-order valence-corrected chi connectivity index (χ4v) is 2.89. The van der Waals surface area contributed by atoms with Crippen LogP contribution in [-0.4, -0.2) is 0 Å². The van der Waals surface area contributed by atoms with Gasteiger partial charge >= 0.3 is 5.63 Å². The van der Waals surface area contributed by atoms with Gasteiger partial charge in [-0.2, -0.15) is 0 Å². The lowest BCUT2D eigenvalue weighted by Crippen LogP contribution is -2.45. The van der Waals surface area contributed by atoms with Crippen LogP contribution in [0.25, 0.3) is 11.1 Å². The van der Waals surface area contributed by atoms with Crippen molar-refractivity contribution >= 4 is 11.1 Å². The van der Waals surface area contributed by atoms with Gasteiger partial charge in [0.1, 0.15) is 5.42 Å². The highest BCUT2D eigenvalue weighted by molar-refractivity contribution is 5.92. The van der Waals surface area contributed by atoms with Crippen molar-refractivity contribution in [2.45, 2.75) is 53.4 Å². The summed E-state index contributed by atoms with van der Waals surface area (Å²) in [5.74, 6) is 0. The van der Waals surface area contributed by atoms with Crippen LogP contribution in [0.3, 0.4) is 0 Å². The molecular formula is C15H20O2. The second kappa shape index (κ2) is 4.52. The zero-order valence-corrected chi connectivity index (χ0v) is 11.1. The summed E-state index contributed by atoms with van der Waals surface area (Å²) in [4.78, 5) is 11.9. The van der Waals surface area contributed by atoms with Crippen LogP contribution >= 0.6 is 0 Å². The van der Waals surface area contributed by atoms with Crippen LogP contribution in [0.2, 0.25) is 0 Å². The Morgan fingerprint density at radius 2 is 1.41 bits per heavy atom. The van der Waals surface area contributed by atoms with Crippen LogP contribution in [0, 0.1) is 0 Å². The van der Waals surface area contributed by atoms with Gasteiger partial charge in [-0.1, -0.05) is 27.7 Å². The molecule has 2 rings (SSSR count). The van der Waals surface area contributed by atoms with Gasteiger partial charge in [-0.3, -0.25) is 0 Å². The molecule has 2 heteroatoms. The maximum atomic E-state index is 11.9. The Hall–Kier alpha value is -1.31. The minimum atomic E-state index is -0.135. The average molecular weight is 232 g/mol. The predicted octanol–water partition coefficient (Wildman–Crippen LogP) is 1.90. The van der Waals surface area contributed by atoms with E-state index in [0.29, 0.717) is 0 Å². The average Bonchev–Trinajstić information content (AvgIpc) is 2.32. The van der Waals surface area contributed by atoms with E-state index < -0.39 is 0 Å². The first kappa shape index (κ1) is 12.2. The van der Waals surface area contributed by atoms with Crippen molar-refractivity contribution in [2.24, 2.45) is 0 Å².